The van der Waals surface area contributed by atoms with Gasteiger partial charge in [0.1, 0.15) is 5.52 Å². The average Bonchev–Trinajstić information content (AvgIpc) is 2.55. The van der Waals surface area contributed by atoms with Crippen molar-refractivity contribution in [3.05, 3.63) is 60.6 Å². The summed E-state index contributed by atoms with van der Waals surface area (Å²) in [5.41, 5.74) is 1.79. The lowest BCUT2D eigenvalue weighted by Crippen LogP contribution is -2.20. The Balaban J connectivity index is 2.01. The smallest absolute Gasteiger partial charge is 0.214 e. The molecule has 0 unspecified atom stereocenters. The number of nitrogens with zero attached hydrogens (tertiary/aromatic N) is 3. The number of carbonyl (C=O) groups is 1. The summed E-state index contributed by atoms with van der Waals surface area (Å²) < 4.78 is 0. The maximum Gasteiger partial charge on any atom is 0.214 e. The first-order valence-corrected chi connectivity index (χ1v) is 6.47. The van der Waals surface area contributed by atoms with E-state index < -0.39 is 0 Å². The molecule has 1 aromatic carbocycles. The van der Waals surface area contributed by atoms with Crippen LogP contribution in [0.25, 0.3) is 10.9 Å². The average molecular weight is 279 g/mol. The molecule has 2 heterocycles. The van der Waals surface area contributed by atoms with Crippen LogP contribution in [0, 0.1) is 0 Å². The number of benzene rings is 1. The van der Waals surface area contributed by atoms with Crippen molar-refractivity contribution >= 4 is 23.0 Å². The Hall–Kier alpha value is -2.95. The first kappa shape index (κ1) is 13.1. The van der Waals surface area contributed by atoms with Crippen LogP contribution in [-0.2, 0) is 11.3 Å². The van der Waals surface area contributed by atoms with Gasteiger partial charge < -0.3 is 10.0 Å². The van der Waals surface area contributed by atoms with Crippen LogP contribution in [0.4, 0.5) is 5.69 Å². The number of phenols is 1. The van der Waals surface area contributed by atoms with Crippen molar-refractivity contribution in [3.63, 3.8) is 0 Å². The second kappa shape index (κ2) is 5.58. The number of hydrogen-bond acceptors (Lipinski definition) is 4. The second-order valence-electron chi connectivity index (χ2n) is 4.60. The highest BCUT2D eigenvalue weighted by atomic mass is 16.3. The van der Waals surface area contributed by atoms with Gasteiger partial charge in [0.25, 0.3) is 0 Å². The molecular weight excluding hydrogens is 266 g/mol. The van der Waals surface area contributed by atoms with Crippen LogP contribution >= 0.6 is 0 Å². The van der Waals surface area contributed by atoms with Crippen molar-refractivity contribution in [2.24, 2.45) is 0 Å². The van der Waals surface area contributed by atoms with Crippen LogP contribution in [0.1, 0.15) is 5.56 Å². The largest absolute Gasteiger partial charge is 0.504 e. The zero-order valence-electron chi connectivity index (χ0n) is 11.2. The highest BCUT2D eigenvalue weighted by Crippen LogP contribution is 2.33. The van der Waals surface area contributed by atoms with Crippen molar-refractivity contribution in [3.8, 4) is 5.75 Å². The fourth-order valence-corrected chi connectivity index (χ4v) is 2.22. The van der Waals surface area contributed by atoms with Gasteiger partial charge in [-0.05, 0) is 23.8 Å². The quantitative estimate of drug-likeness (QED) is 0.745. The van der Waals surface area contributed by atoms with Gasteiger partial charge in [0.15, 0.2) is 5.75 Å². The molecule has 0 atom stereocenters. The number of amides is 1. The number of carbonyl (C=O) groups excluding carboxylic acids is 1. The molecule has 0 bridgehead atoms. The summed E-state index contributed by atoms with van der Waals surface area (Å²) in [7, 11) is 0. The number of aromatic hydroxyl groups is 1. The van der Waals surface area contributed by atoms with Crippen LogP contribution in [0.5, 0.6) is 5.75 Å². The minimum Gasteiger partial charge on any atom is -0.504 e. The molecule has 0 fully saturated rings. The fourth-order valence-electron chi connectivity index (χ4n) is 2.22. The van der Waals surface area contributed by atoms with E-state index in [1.165, 1.54) is 4.90 Å². The maximum absolute atomic E-state index is 11.4. The summed E-state index contributed by atoms with van der Waals surface area (Å²) in [5, 5.41) is 11.2. The first-order valence-electron chi connectivity index (χ1n) is 6.47. The molecule has 3 rings (SSSR count). The van der Waals surface area contributed by atoms with Crippen molar-refractivity contribution in [2.75, 3.05) is 4.90 Å². The number of hydrogen-bond donors (Lipinski definition) is 1. The normalized spacial score (nSPS) is 10.5. The highest BCUT2D eigenvalue weighted by Gasteiger charge is 2.14. The Morgan fingerprint density at radius 3 is 2.76 bits per heavy atom. The summed E-state index contributed by atoms with van der Waals surface area (Å²) in [6.45, 7) is 0.337. The first-order chi connectivity index (χ1) is 10.3. The van der Waals surface area contributed by atoms with Crippen molar-refractivity contribution in [2.45, 2.75) is 6.54 Å². The Morgan fingerprint density at radius 1 is 1.14 bits per heavy atom. The summed E-state index contributed by atoms with van der Waals surface area (Å²) in [6, 6.07) is 10.9. The number of pyridine rings is 2. The number of rotatable bonds is 4. The molecular formula is C16H13N3O2. The maximum atomic E-state index is 11.4. The van der Waals surface area contributed by atoms with Crippen molar-refractivity contribution in [1.29, 1.82) is 0 Å². The molecule has 104 valence electrons. The Labute approximate surface area is 121 Å². The van der Waals surface area contributed by atoms with E-state index in [0.29, 0.717) is 24.2 Å². The summed E-state index contributed by atoms with van der Waals surface area (Å²) in [5.74, 6) is 0.00379. The van der Waals surface area contributed by atoms with Gasteiger partial charge in [-0.2, -0.15) is 0 Å². The third kappa shape index (κ3) is 2.53. The third-order valence-corrected chi connectivity index (χ3v) is 3.24. The molecule has 0 saturated carbocycles. The van der Waals surface area contributed by atoms with E-state index in [1.54, 1.807) is 36.8 Å². The molecule has 0 aliphatic rings. The van der Waals surface area contributed by atoms with Crippen molar-refractivity contribution in [1.82, 2.24) is 9.97 Å². The van der Waals surface area contributed by atoms with Gasteiger partial charge in [0.2, 0.25) is 6.41 Å². The molecule has 0 aliphatic carbocycles. The van der Waals surface area contributed by atoms with E-state index in [-0.39, 0.29) is 5.75 Å². The summed E-state index contributed by atoms with van der Waals surface area (Å²) >= 11 is 0. The zero-order chi connectivity index (χ0) is 14.7. The van der Waals surface area contributed by atoms with Gasteiger partial charge in [-0.3, -0.25) is 14.8 Å². The molecule has 1 amide bonds. The number of fused-ring (bicyclic) bond motifs is 1. The zero-order valence-corrected chi connectivity index (χ0v) is 11.2. The van der Waals surface area contributed by atoms with E-state index in [1.807, 2.05) is 18.2 Å². The number of aromatic nitrogens is 2. The highest BCUT2D eigenvalue weighted by molar-refractivity contribution is 5.93. The predicted octanol–water partition coefficient (Wildman–Crippen LogP) is 2.50. The monoisotopic (exact) mass is 279 g/mol. The van der Waals surface area contributed by atoms with Gasteiger partial charge >= 0.3 is 0 Å². The Bertz CT molecular complexity index is 775. The second-order valence-corrected chi connectivity index (χ2v) is 4.60. The van der Waals surface area contributed by atoms with Crippen molar-refractivity contribution < 1.29 is 9.90 Å². The van der Waals surface area contributed by atoms with Crippen LogP contribution in [0.15, 0.2) is 55.0 Å². The molecule has 0 spiro atoms. The lowest BCUT2D eigenvalue weighted by molar-refractivity contribution is -0.107. The van der Waals surface area contributed by atoms with Gasteiger partial charge in [-0.1, -0.05) is 18.2 Å². The fraction of sp³-hybridized carbons (Fsp3) is 0.0625. The summed E-state index contributed by atoms with van der Waals surface area (Å²) in [6.07, 6.45) is 5.66. The molecule has 2 aromatic heterocycles. The van der Waals surface area contributed by atoms with E-state index >= 15 is 0 Å². The summed E-state index contributed by atoms with van der Waals surface area (Å²) in [4.78, 5) is 21.0. The van der Waals surface area contributed by atoms with Gasteiger partial charge in [-0.25, -0.2) is 0 Å². The molecule has 3 aromatic rings. The lowest BCUT2D eigenvalue weighted by Gasteiger charge is -2.19. The third-order valence-electron chi connectivity index (χ3n) is 3.24. The Kier molecular flexibility index (Phi) is 3.47. The van der Waals surface area contributed by atoms with E-state index in [9.17, 15) is 9.90 Å². The van der Waals surface area contributed by atoms with Crippen LogP contribution in [0.3, 0.4) is 0 Å². The van der Waals surface area contributed by atoms with Crippen LogP contribution < -0.4 is 4.90 Å². The molecule has 5 heteroatoms. The minimum absolute atomic E-state index is 0.00379. The molecule has 0 radical (unpaired) electrons. The number of anilines is 1. The molecule has 0 saturated heterocycles. The Morgan fingerprint density at radius 2 is 2.00 bits per heavy atom. The molecule has 5 nitrogen and oxygen atoms in total. The van der Waals surface area contributed by atoms with E-state index in [4.69, 9.17) is 0 Å². The van der Waals surface area contributed by atoms with Gasteiger partial charge in [-0.15, -0.1) is 0 Å². The topological polar surface area (TPSA) is 66.3 Å². The van der Waals surface area contributed by atoms with Crippen LogP contribution in [0.2, 0.25) is 0 Å². The SMILES string of the molecule is O=CN(Cc1cccnc1)c1ccc2cccnc2c1O. The standard InChI is InChI=1S/C16H13N3O2/c20-11-19(10-12-3-1-7-17-9-12)14-6-5-13-4-2-8-18-15(13)16(14)21/h1-9,11,21H,10H2. The number of phenolic OH excluding ortho intramolecular Hbond substituents is 1. The lowest BCUT2D eigenvalue weighted by atomic mass is 10.1. The van der Waals surface area contributed by atoms with E-state index in [2.05, 4.69) is 9.97 Å². The minimum atomic E-state index is 0.00379. The molecule has 0 aliphatic heterocycles. The van der Waals surface area contributed by atoms with Gasteiger partial charge in [0.05, 0.1) is 12.2 Å². The van der Waals surface area contributed by atoms with Gasteiger partial charge in [0, 0.05) is 24.0 Å². The van der Waals surface area contributed by atoms with E-state index in [0.717, 1.165) is 10.9 Å². The predicted molar refractivity (Wildman–Crippen MR) is 79.9 cm³/mol. The molecule has 21 heavy (non-hydrogen) atoms. The van der Waals surface area contributed by atoms with Crippen LogP contribution in [-0.4, -0.2) is 21.5 Å². The molecule has 1 N–H and O–H groups in total.